The summed E-state index contributed by atoms with van der Waals surface area (Å²) in [6.07, 6.45) is 4.40. The normalized spacial score (nSPS) is 21.5. The zero-order valence-electron chi connectivity index (χ0n) is 9.91. The third-order valence-electron chi connectivity index (χ3n) is 3.17. The molecule has 0 radical (unpaired) electrons. The standard InChI is InChI=1S/C11H23N3O/c1-3-13(2)11(15)14-9-5-4-6-10(14)7-8-12/h10H,3-9,12H2,1-2H3. The summed E-state index contributed by atoms with van der Waals surface area (Å²) in [4.78, 5) is 15.8. The highest BCUT2D eigenvalue weighted by Gasteiger charge is 2.27. The first-order chi connectivity index (χ1) is 7.20. The number of carbonyl (C=O) groups excluding carboxylic acids is 1. The number of hydrogen-bond acceptors (Lipinski definition) is 2. The van der Waals surface area contributed by atoms with Crippen LogP contribution in [0.3, 0.4) is 0 Å². The third kappa shape index (κ3) is 3.09. The average Bonchev–Trinajstić information content (AvgIpc) is 2.28. The van der Waals surface area contributed by atoms with Crippen LogP contribution in [0.25, 0.3) is 0 Å². The second kappa shape index (κ2) is 5.95. The number of nitrogens with two attached hydrogens (primary N) is 1. The van der Waals surface area contributed by atoms with Gasteiger partial charge < -0.3 is 15.5 Å². The highest BCUT2D eigenvalue weighted by Crippen LogP contribution is 2.20. The van der Waals surface area contributed by atoms with E-state index in [0.717, 1.165) is 32.4 Å². The van der Waals surface area contributed by atoms with Gasteiger partial charge in [-0.1, -0.05) is 0 Å². The van der Waals surface area contributed by atoms with Crippen LogP contribution in [0.5, 0.6) is 0 Å². The molecular weight excluding hydrogens is 190 g/mol. The number of likely N-dealkylation sites (tertiary alicyclic amines) is 1. The molecule has 0 aromatic rings. The van der Waals surface area contributed by atoms with Crippen molar-refractivity contribution in [1.29, 1.82) is 0 Å². The summed E-state index contributed by atoms with van der Waals surface area (Å²) in [6, 6.07) is 0.529. The average molecular weight is 213 g/mol. The largest absolute Gasteiger partial charge is 0.330 e. The molecule has 0 aliphatic carbocycles. The fourth-order valence-electron chi connectivity index (χ4n) is 2.10. The number of nitrogens with zero attached hydrogens (tertiary/aromatic N) is 2. The highest BCUT2D eigenvalue weighted by atomic mass is 16.2. The third-order valence-corrected chi connectivity index (χ3v) is 3.17. The van der Waals surface area contributed by atoms with E-state index in [0.29, 0.717) is 12.6 Å². The Kier molecular flexibility index (Phi) is 4.88. The molecule has 0 aromatic carbocycles. The molecule has 2 N–H and O–H groups in total. The summed E-state index contributed by atoms with van der Waals surface area (Å²) in [5, 5.41) is 0. The minimum atomic E-state index is 0.163. The van der Waals surface area contributed by atoms with Gasteiger partial charge in [0.1, 0.15) is 0 Å². The van der Waals surface area contributed by atoms with Crippen LogP contribution in [-0.4, -0.2) is 48.6 Å². The molecule has 1 fully saturated rings. The molecule has 4 heteroatoms. The van der Waals surface area contributed by atoms with Crippen molar-refractivity contribution >= 4 is 6.03 Å². The van der Waals surface area contributed by atoms with E-state index in [1.165, 1.54) is 6.42 Å². The number of amides is 2. The van der Waals surface area contributed by atoms with E-state index < -0.39 is 0 Å². The van der Waals surface area contributed by atoms with Crippen molar-refractivity contribution < 1.29 is 4.79 Å². The number of rotatable bonds is 3. The summed E-state index contributed by atoms with van der Waals surface area (Å²) in [7, 11) is 1.86. The van der Waals surface area contributed by atoms with Crippen LogP contribution in [0.15, 0.2) is 0 Å². The molecular formula is C11H23N3O. The van der Waals surface area contributed by atoms with Crippen LogP contribution in [0, 0.1) is 0 Å². The highest BCUT2D eigenvalue weighted by molar-refractivity contribution is 5.74. The van der Waals surface area contributed by atoms with Gasteiger partial charge in [0.25, 0.3) is 0 Å². The zero-order chi connectivity index (χ0) is 11.3. The molecule has 2 amide bonds. The molecule has 1 aliphatic rings. The predicted molar refractivity (Wildman–Crippen MR) is 61.7 cm³/mol. The van der Waals surface area contributed by atoms with Gasteiger partial charge in [-0.2, -0.15) is 0 Å². The Morgan fingerprint density at radius 1 is 1.53 bits per heavy atom. The van der Waals surface area contributed by atoms with Crippen molar-refractivity contribution in [3.63, 3.8) is 0 Å². The molecule has 1 atom stereocenters. The van der Waals surface area contributed by atoms with Gasteiger partial charge in [-0.3, -0.25) is 0 Å². The molecule has 4 nitrogen and oxygen atoms in total. The molecule has 0 bridgehead atoms. The van der Waals surface area contributed by atoms with Crippen molar-refractivity contribution in [1.82, 2.24) is 9.80 Å². The van der Waals surface area contributed by atoms with Crippen LogP contribution in [-0.2, 0) is 0 Å². The van der Waals surface area contributed by atoms with E-state index in [-0.39, 0.29) is 6.03 Å². The smallest absolute Gasteiger partial charge is 0.319 e. The number of hydrogen-bond donors (Lipinski definition) is 1. The molecule has 0 saturated carbocycles. The Hall–Kier alpha value is -0.770. The van der Waals surface area contributed by atoms with Crippen LogP contribution in [0.1, 0.15) is 32.6 Å². The van der Waals surface area contributed by atoms with Gasteiger partial charge in [-0.25, -0.2) is 4.79 Å². The van der Waals surface area contributed by atoms with Crippen molar-refractivity contribution in [2.75, 3.05) is 26.7 Å². The maximum Gasteiger partial charge on any atom is 0.319 e. The molecule has 1 saturated heterocycles. The van der Waals surface area contributed by atoms with Gasteiger partial charge in [0, 0.05) is 26.2 Å². The summed E-state index contributed by atoms with van der Waals surface area (Å²) in [5.41, 5.74) is 5.58. The van der Waals surface area contributed by atoms with Crippen LogP contribution >= 0.6 is 0 Å². The van der Waals surface area contributed by atoms with Gasteiger partial charge in [0.2, 0.25) is 0 Å². The van der Waals surface area contributed by atoms with Crippen LogP contribution < -0.4 is 5.73 Å². The lowest BCUT2D eigenvalue weighted by Crippen LogP contribution is -2.49. The number of urea groups is 1. The first-order valence-electron chi connectivity index (χ1n) is 5.92. The predicted octanol–water partition coefficient (Wildman–Crippen LogP) is 1.26. The van der Waals surface area contributed by atoms with Crippen LogP contribution in [0.2, 0.25) is 0 Å². The summed E-state index contributed by atoms with van der Waals surface area (Å²) in [5.74, 6) is 0. The minimum absolute atomic E-state index is 0.163. The summed E-state index contributed by atoms with van der Waals surface area (Å²) >= 11 is 0. The van der Waals surface area contributed by atoms with E-state index in [2.05, 4.69) is 0 Å². The lowest BCUT2D eigenvalue weighted by Gasteiger charge is -2.37. The Balaban J connectivity index is 2.58. The molecule has 0 aromatic heterocycles. The van der Waals surface area contributed by atoms with E-state index in [4.69, 9.17) is 5.73 Å². The second-order valence-electron chi connectivity index (χ2n) is 4.22. The Morgan fingerprint density at radius 2 is 2.27 bits per heavy atom. The van der Waals surface area contributed by atoms with Crippen molar-refractivity contribution in [3.05, 3.63) is 0 Å². The first kappa shape index (κ1) is 12.3. The van der Waals surface area contributed by atoms with E-state index >= 15 is 0 Å². The minimum Gasteiger partial charge on any atom is -0.330 e. The lowest BCUT2D eigenvalue weighted by molar-refractivity contribution is 0.121. The van der Waals surface area contributed by atoms with E-state index in [1.807, 2.05) is 18.9 Å². The molecule has 1 rings (SSSR count). The molecule has 1 aliphatic heterocycles. The second-order valence-corrected chi connectivity index (χ2v) is 4.22. The SMILES string of the molecule is CCN(C)C(=O)N1CCCCC1CCN. The Morgan fingerprint density at radius 3 is 2.87 bits per heavy atom. The molecule has 15 heavy (non-hydrogen) atoms. The number of piperidine rings is 1. The van der Waals surface area contributed by atoms with Gasteiger partial charge in [-0.05, 0) is 39.2 Å². The van der Waals surface area contributed by atoms with E-state index in [9.17, 15) is 4.79 Å². The fourth-order valence-corrected chi connectivity index (χ4v) is 2.10. The Bertz CT molecular complexity index is 206. The molecule has 1 heterocycles. The summed E-state index contributed by atoms with van der Waals surface area (Å²) < 4.78 is 0. The van der Waals surface area contributed by atoms with Crippen molar-refractivity contribution in [2.45, 2.75) is 38.6 Å². The van der Waals surface area contributed by atoms with Gasteiger partial charge >= 0.3 is 6.03 Å². The summed E-state index contributed by atoms with van der Waals surface area (Å²) in [6.45, 7) is 4.34. The Labute approximate surface area is 92.4 Å². The topological polar surface area (TPSA) is 49.6 Å². The van der Waals surface area contributed by atoms with Gasteiger partial charge in [0.05, 0.1) is 0 Å². The quantitative estimate of drug-likeness (QED) is 0.767. The maximum absolute atomic E-state index is 12.0. The van der Waals surface area contributed by atoms with Crippen molar-refractivity contribution in [2.24, 2.45) is 5.73 Å². The van der Waals surface area contributed by atoms with Gasteiger partial charge in [0.15, 0.2) is 0 Å². The zero-order valence-corrected chi connectivity index (χ0v) is 9.91. The fraction of sp³-hybridized carbons (Fsp3) is 0.909. The molecule has 0 spiro atoms. The van der Waals surface area contributed by atoms with Crippen molar-refractivity contribution in [3.8, 4) is 0 Å². The number of carbonyl (C=O) groups is 1. The maximum atomic E-state index is 12.0. The monoisotopic (exact) mass is 213 g/mol. The molecule has 1 unspecified atom stereocenters. The van der Waals surface area contributed by atoms with Crippen LogP contribution in [0.4, 0.5) is 4.79 Å². The lowest BCUT2D eigenvalue weighted by atomic mass is 10.00. The first-order valence-corrected chi connectivity index (χ1v) is 5.92. The van der Waals surface area contributed by atoms with Gasteiger partial charge in [-0.15, -0.1) is 0 Å². The molecule has 88 valence electrons. The van der Waals surface area contributed by atoms with E-state index in [1.54, 1.807) is 4.90 Å².